The van der Waals surface area contributed by atoms with Gasteiger partial charge in [0.15, 0.2) is 0 Å². The third kappa shape index (κ3) is 1.17. The van der Waals surface area contributed by atoms with Gasteiger partial charge in [0.25, 0.3) is 0 Å². The smallest absolute Gasteiger partial charge is 0.210 e. The normalized spacial score (nSPS) is 20.6. The van der Waals surface area contributed by atoms with Crippen LogP contribution in [0.15, 0.2) is 0 Å². The molecule has 0 unspecified atom stereocenters. The van der Waals surface area contributed by atoms with E-state index >= 15 is 0 Å². The summed E-state index contributed by atoms with van der Waals surface area (Å²) in [4.78, 5) is 0. The zero-order valence-corrected chi connectivity index (χ0v) is 4.82. The Morgan fingerprint density at radius 3 is 2.12 bits per heavy atom. The molecule has 0 spiro atoms. The lowest BCUT2D eigenvalue weighted by molar-refractivity contribution is 0.154. The molecule has 0 nitrogen and oxygen atoms in total. The molecule has 0 bridgehead atoms. The molecule has 0 aromatic rings. The lowest BCUT2D eigenvalue weighted by Gasteiger charge is -2.04. The van der Waals surface area contributed by atoms with Crippen molar-refractivity contribution in [3.05, 3.63) is 5.92 Å². The van der Waals surface area contributed by atoms with E-state index in [-0.39, 0.29) is 5.92 Å². The van der Waals surface area contributed by atoms with Gasteiger partial charge in [0.1, 0.15) is 0 Å². The number of halogens is 2. The Balaban J connectivity index is 2.22. The van der Waals surface area contributed by atoms with Crippen LogP contribution in [0.25, 0.3) is 0 Å². The largest absolute Gasteiger partial charge is 0.244 e. The molecule has 1 saturated carbocycles. The van der Waals surface area contributed by atoms with Crippen LogP contribution >= 0.6 is 0 Å². The molecule has 0 amide bonds. The van der Waals surface area contributed by atoms with E-state index in [1.54, 1.807) is 6.92 Å². The van der Waals surface area contributed by atoms with Crippen molar-refractivity contribution in [2.75, 3.05) is 0 Å². The second-order valence-corrected chi connectivity index (χ2v) is 2.32. The minimum absolute atomic E-state index is 0.259. The highest BCUT2D eigenvalue weighted by Gasteiger charge is 2.33. The van der Waals surface area contributed by atoms with Gasteiger partial charge in [-0.05, 0) is 18.8 Å². The molecule has 47 valence electrons. The molecule has 1 aliphatic carbocycles. The van der Waals surface area contributed by atoms with Crippen molar-refractivity contribution >= 4 is 0 Å². The van der Waals surface area contributed by atoms with E-state index < -0.39 is 6.43 Å². The lowest BCUT2D eigenvalue weighted by Crippen LogP contribution is -2.05. The van der Waals surface area contributed by atoms with E-state index in [9.17, 15) is 8.78 Å². The minimum Gasteiger partial charge on any atom is -0.210 e. The molecular weight excluding hydrogens is 110 g/mol. The zero-order valence-electron chi connectivity index (χ0n) is 4.82. The highest BCUT2D eigenvalue weighted by molar-refractivity contribution is 5.01. The van der Waals surface area contributed by atoms with Crippen LogP contribution in [-0.2, 0) is 0 Å². The lowest BCUT2D eigenvalue weighted by atomic mass is 10.1. The summed E-state index contributed by atoms with van der Waals surface area (Å²) < 4.78 is 23.4. The summed E-state index contributed by atoms with van der Waals surface area (Å²) in [5.74, 6) is 0.639. The maximum atomic E-state index is 11.7. The average Bonchev–Trinajstić information content (AvgIpc) is 2.43. The summed E-state index contributed by atoms with van der Waals surface area (Å²) in [5, 5.41) is 0. The van der Waals surface area contributed by atoms with Gasteiger partial charge in [0, 0.05) is 5.92 Å². The molecule has 8 heavy (non-hydrogen) atoms. The fourth-order valence-electron chi connectivity index (χ4n) is 0.717. The van der Waals surface area contributed by atoms with E-state index in [2.05, 4.69) is 0 Å². The van der Waals surface area contributed by atoms with E-state index in [4.69, 9.17) is 0 Å². The molecule has 0 aromatic heterocycles. The van der Waals surface area contributed by atoms with Crippen LogP contribution in [-0.4, -0.2) is 6.43 Å². The first-order chi connectivity index (χ1) is 3.72. The zero-order chi connectivity index (χ0) is 6.15. The fourth-order valence-corrected chi connectivity index (χ4v) is 0.717. The molecule has 1 aliphatic rings. The van der Waals surface area contributed by atoms with Crippen molar-refractivity contribution in [2.24, 2.45) is 5.92 Å². The molecule has 0 aromatic carbocycles. The van der Waals surface area contributed by atoms with Crippen LogP contribution in [0.3, 0.4) is 0 Å². The summed E-state index contributed by atoms with van der Waals surface area (Å²) in [6.07, 6.45) is -0.214. The number of alkyl halides is 2. The molecule has 1 fully saturated rings. The maximum Gasteiger partial charge on any atom is 0.244 e. The monoisotopic (exact) mass is 119 g/mol. The third-order valence-electron chi connectivity index (χ3n) is 1.57. The minimum atomic E-state index is -2.18. The van der Waals surface area contributed by atoms with Crippen LogP contribution < -0.4 is 0 Å². The van der Waals surface area contributed by atoms with Crippen LogP contribution in [0.2, 0.25) is 0 Å². The first kappa shape index (κ1) is 5.99. The molecule has 0 N–H and O–H groups in total. The average molecular weight is 119 g/mol. The summed E-state index contributed by atoms with van der Waals surface area (Å²) in [7, 11) is 0. The first-order valence-corrected chi connectivity index (χ1v) is 2.83. The van der Waals surface area contributed by atoms with Gasteiger partial charge in [-0.15, -0.1) is 0 Å². The predicted molar refractivity (Wildman–Crippen MR) is 27.6 cm³/mol. The number of hydrogen-bond acceptors (Lipinski definition) is 0. The van der Waals surface area contributed by atoms with E-state index in [1.807, 2.05) is 0 Å². The highest BCUT2D eigenvalue weighted by Crippen LogP contribution is 2.40. The first-order valence-electron chi connectivity index (χ1n) is 2.83. The van der Waals surface area contributed by atoms with Gasteiger partial charge in [-0.25, -0.2) is 8.78 Å². The molecule has 1 radical (unpaired) electrons. The molecule has 1 rings (SSSR count). The predicted octanol–water partition coefficient (Wildman–Crippen LogP) is 2.26. The van der Waals surface area contributed by atoms with Crippen molar-refractivity contribution < 1.29 is 8.78 Å². The molecule has 0 heterocycles. The fraction of sp³-hybridized carbons (Fsp3) is 0.833. The molecule has 2 heteroatoms. The highest BCUT2D eigenvalue weighted by atomic mass is 19.3. The molecule has 0 saturated heterocycles. The van der Waals surface area contributed by atoms with Gasteiger partial charge < -0.3 is 0 Å². The second kappa shape index (κ2) is 2.00. The molecule has 0 aliphatic heterocycles. The summed E-state index contributed by atoms with van der Waals surface area (Å²) in [6, 6.07) is 0. The summed E-state index contributed by atoms with van der Waals surface area (Å²) >= 11 is 0. The van der Waals surface area contributed by atoms with E-state index in [1.165, 1.54) is 0 Å². The summed E-state index contributed by atoms with van der Waals surface area (Å²) in [6.45, 7) is 1.54. The van der Waals surface area contributed by atoms with Crippen LogP contribution in [0.5, 0.6) is 0 Å². The van der Waals surface area contributed by atoms with Gasteiger partial charge in [-0.2, -0.15) is 0 Å². The van der Waals surface area contributed by atoms with Gasteiger partial charge in [-0.3, -0.25) is 0 Å². The number of rotatable bonds is 2. The van der Waals surface area contributed by atoms with Crippen LogP contribution in [0.1, 0.15) is 19.8 Å². The Kier molecular flexibility index (Phi) is 1.49. The van der Waals surface area contributed by atoms with Crippen LogP contribution in [0.4, 0.5) is 8.78 Å². The van der Waals surface area contributed by atoms with Crippen molar-refractivity contribution in [3.63, 3.8) is 0 Å². The Morgan fingerprint density at radius 2 is 2.00 bits per heavy atom. The topological polar surface area (TPSA) is 0 Å². The van der Waals surface area contributed by atoms with Crippen molar-refractivity contribution in [1.29, 1.82) is 0 Å². The summed E-state index contributed by atoms with van der Waals surface area (Å²) in [5.41, 5.74) is 0. The number of hydrogen-bond donors (Lipinski definition) is 0. The quantitative estimate of drug-likeness (QED) is 0.523. The Bertz CT molecular complexity index is 74.6. The Labute approximate surface area is 47.9 Å². The molecule has 0 atom stereocenters. The van der Waals surface area contributed by atoms with E-state index in [0.717, 1.165) is 12.8 Å². The van der Waals surface area contributed by atoms with Crippen LogP contribution in [0, 0.1) is 11.8 Å². The van der Waals surface area contributed by atoms with Gasteiger partial charge in [0.2, 0.25) is 6.43 Å². The maximum absolute atomic E-state index is 11.7. The van der Waals surface area contributed by atoms with Gasteiger partial charge >= 0.3 is 0 Å². The van der Waals surface area contributed by atoms with Crippen molar-refractivity contribution in [3.8, 4) is 0 Å². The van der Waals surface area contributed by atoms with E-state index in [0.29, 0.717) is 5.92 Å². The third-order valence-corrected chi connectivity index (χ3v) is 1.57. The Morgan fingerprint density at radius 1 is 1.50 bits per heavy atom. The van der Waals surface area contributed by atoms with Gasteiger partial charge in [0.05, 0.1) is 0 Å². The van der Waals surface area contributed by atoms with Crippen molar-refractivity contribution in [2.45, 2.75) is 26.2 Å². The second-order valence-electron chi connectivity index (χ2n) is 2.32. The standard InChI is InChI=1S/C6H9F2/c1-4(6(7)8)5-2-3-5/h5-6H,2-3H2,1H3. The SMILES string of the molecule is C[C](C(F)F)C1CC1. The Hall–Kier alpha value is -0.140. The van der Waals surface area contributed by atoms with Gasteiger partial charge in [-0.1, -0.05) is 6.92 Å². The molecular formula is C6H9F2. The van der Waals surface area contributed by atoms with Crippen molar-refractivity contribution in [1.82, 2.24) is 0 Å².